The first-order chi connectivity index (χ1) is 17.0. The third-order valence-corrected chi connectivity index (χ3v) is 5.57. The Morgan fingerprint density at radius 2 is 1.86 bits per heavy atom. The van der Waals surface area contributed by atoms with Crippen LogP contribution in [0, 0.1) is 17.6 Å². The minimum Gasteiger partial charge on any atom is -0.490 e. The number of fused-ring (bicyclic) bond motifs is 3. The second-order valence-corrected chi connectivity index (χ2v) is 7.99. The monoisotopic (exact) mass is 478 g/mol. The minimum atomic E-state index is -0.662. The van der Waals surface area contributed by atoms with Crippen molar-refractivity contribution in [2.24, 2.45) is 11.7 Å². The summed E-state index contributed by atoms with van der Waals surface area (Å²) in [4.78, 5) is 18.6. The lowest BCUT2D eigenvalue weighted by atomic mass is 10.1. The topological polar surface area (TPSA) is 117 Å². The molecule has 2 aromatic carbocycles. The van der Waals surface area contributed by atoms with E-state index in [0.717, 1.165) is 18.2 Å². The van der Waals surface area contributed by atoms with Crippen LogP contribution in [0.4, 0.5) is 19.4 Å². The normalized spacial score (nSPS) is 17.1. The van der Waals surface area contributed by atoms with Gasteiger partial charge in [0.2, 0.25) is 0 Å². The second-order valence-electron chi connectivity index (χ2n) is 7.99. The maximum absolute atomic E-state index is 13.3. The molecule has 2 aromatic heterocycles. The molecular formula is C24H20F2N6O3. The predicted molar refractivity (Wildman–Crippen MR) is 122 cm³/mol. The number of nitrogens with zero attached hydrogens (tertiary/aromatic N) is 4. The molecule has 1 aliphatic carbocycles. The largest absolute Gasteiger partial charge is 0.490 e. The summed E-state index contributed by atoms with van der Waals surface area (Å²) in [6.07, 6.45) is 5.52. The van der Waals surface area contributed by atoms with E-state index in [1.165, 1.54) is 18.6 Å². The summed E-state index contributed by atoms with van der Waals surface area (Å²) in [5.74, 6) is 1.55. The van der Waals surface area contributed by atoms with E-state index in [0.29, 0.717) is 35.4 Å². The van der Waals surface area contributed by atoms with E-state index < -0.39 is 11.8 Å². The van der Waals surface area contributed by atoms with Crippen molar-refractivity contribution in [1.82, 2.24) is 19.7 Å². The zero-order chi connectivity index (χ0) is 24.4. The summed E-state index contributed by atoms with van der Waals surface area (Å²) in [6.45, 7) is 0.540. The Labute approximate surface area is 198 Å². The zero-order valence-corrected chi connectivity index (χ0v) is 18.3. The molecule has 3 heterocycles. The fourth-order valence-electron chi connectivity index (χ4n) is 3.80. The summed E-state index contributed by atoms with van der Waals surface area (Å²) in [7, 11) is 0. The molecule has 1 aliphatic heterocycles. The standard InChI is InChI=1S/C14H12N6O2.C10H8F2O/c15-14(21)19-13-6-5-12(7-17-13)22-11-3-1-10(2-4-11)20-9-16-8-18-20;11-7-1-2-8(12)10-9(7)6-3-5(6)4-13-10/h1-9H,(H3,15,17,19,21);1-2,5-6H,3-4H2/t;5-,6-/m.1/s1. The second kappa shape index (κ2) is 9.37. The molecule has 0 spiro atoms. The molecule has 0 bridgehead atoms. The van der Waals surface area contributed by atoms with Gasteiger partial charge in [0.05, 0.1) is 18.5 Å². The van der Waals surface area contributed by atoms with Gasteiger partial charge in [0.1, 0.15) is 35.8 Å². The molecule has 11 heteroatoms. The number of anilines is 1. The lowest BCUT2D eigenvalue weighted by Gasteiger charge is -2.17. The van der Waals surface area contributed by atoms with Gasteiger partial charge in [0.25, 0.3) is 0 Å². The highest BCUT2D eigenvalue weighted by atomic mass is 19.1. The molecular weight excluding hydrogens is 458 g/mol. The molecule has 6 rings (SSSR count). The van der Waals surface area contributed by atoms with Gasteiger partial charge in [0.15, 0.2) is 11.6 Å². The van der Waals surface area contributed by atoms with Gasteiger partial charge in [-0.1, -0.05) is 0 Å². The summed E-state index contributed by atoms with van der Waals surface area (Å²) < 4.78 is 38.9. The van der Waals surface area contributed by atoms with Crippen LogP contribution in [0.5, 0.6) is 17.2 Å². The Hall–Kier alpha value is -4.54. The van der Waals surface area contributed by atoms with Crippen LogP contribution in [0.3, 0.4) is 0 Å². The molecule has 2 amide bonds. The molecule has 1 saturated carbocycles. The van der Waals surface area contributed by atoms with Crippen molar-refractivity contribution in [2.75, 3.05) is 11.9 Å². The summed E-state index contributed by atoms with van der Waals surface area (Å²) in [6, 6.07) is 12.3. The molecule has 178 valence electrons. The molecule has 35 heavy (non-hydrogen) atoms. The Morgan fingerprint density at radius 1 is 1.09 bits per heavy atom. The molecule has 0 unspecified atom stereocenters. The number of urea groups is 1. The van der Waals surface area contributed by atoms with Crippen molar-refractivity contribution in [3.05, 3.63) is 84.6 Å². The van der Waals surface area contributed by atoms with Crippen LogP contribution < -0.4 is 20.5 Å². The molecule has 9 nitrogen and oxygen atoms in total. The van der Waals surface area contributed by atoms with Gasteiger partial charge in [-0.25, -0.2) is 28.2 Å². The highest BCUT2D eigenvalue weighted by Gasteiger charge is 2.46. The van der Waals surface area contributed by atoms with E-state index in [9.17, 15) is 13.6 Å². The number of nitrogens with one attached hydrogen (secondary N) is 1. The fourth-order valence-corrected chi connectivity index (χ4v) is 3.80. The molecule has 1 fully saturated rings. The minimum absolute atomic E-state index is 0.138. The average Bonchev–Trinajstić information content (AvgIpc) is 3.45. The van der Waals surface area contributed by atoms with E-state index in [2.05, 4.69) is 20.4 Å². The third-order valence-electron chi connectivity index (χ3n) is 5.57. The van der Waals surface area contributed by atoms with Crippen LogP contribution in [-0.2, 0) is 0 Å². The third kappa shape index (κ3) is 5.03. The average molecular weight is 478 g/mol. The Kier molecular flexibility index (Phi) is 5.96. The zero-order valence-electron chi connectivity index (χ0n) is 18.3. The van der Waals surface area contributed by atoms with E-state index in [4.69, 9.17) is 15.2 Å². The van der Waals surface area contributed by atoms with E-state index in [1.807, 2.05) is 24.3 Å². The molecule has 4 aromatic rings. The number of hydrogen-bond donors (Lipinski definition) is 2. The lowest BCUT2D eigenvalue weighted by Crippen LogP contribution is -2.19. The Bertz CT molecular complexity index is 1330. The SMILES string of the molecule is Fc1ccc(F)c2c1OC[C@H]1C[C@@H]21.NC(=O)Nc1ccc(Oc2ccc(-n3cncn3)cc2)cn1. The van der Waals surface area contributed by atoms with Crippen LogP contribution >= 0.6 is 0 Å². The molecule has 0 radical (unpaired) electrons. The number of halogens is 2. The lowest BCUT2D eigenvalue weighted by molar-refractivity contribution is 0.259. The van der Waals surface area contributed by atoms with Crippen molar-refractivity contribution >= 4 is 11.8 Å². The number of rotatable bonds is 4. The highest BCUT2D eigenvalue weighted by molar-refractivity contribution is 5.86. The van der Waals surface area contributed by atoms with Gasteiger partial charge in [-0.05, 0) is 60.9 Å². The van der Waals surface area contributed by atoms with Crippen molar-refractivity contribution in [3.8, 4) is 22.9 Å². The van der Waals surface area contributed by atoms with Gasteiger partial charge >= 0.3 is 6.03 Å². The number of carbonyl (C=O) groups is 1. The van der Waals surface area contributed by atoms with Gasteiger partial charge in [-0.3, -0.25) is 5.32 Å². The fraction of sp³-hybridized carbons (Fsp3) is 0.167. The smallest absolute Gasteiger partial charge is 0.317 e. The van der Waals surface area contributed by atoms with E-state index >= 15 is 0 Å². The molecule has 2 atom stereocenters. The van der Waals surface area contributed by atoms with Gasteiger partial charge < -0.3 is 15.2 Å². The highest BCUT2D eigenvalue weighted by Crippen LogP contribution is 2.55. The van der Waals surface area contributed by atoms with Crippen molar-refractivity contribution in [1.29, 1.82) is 0 Å². The Morgan fingerprint density at radius 3 is 2.54 bits per heavy atom. The molecule has 3 N–H and O–H groups in total. The van der Waals surface area contributed by atoms with E-state index in [1.54, 1.807) is 23.1 Å². The summed E-state index contributed by atoms with van der Waals surface area (Å²) in [5, 5.41) is 6.42. The number of pyridine rings is 1. The number of aromatic nitrogens is 4. The van der Waals surface area contributed by atoms with Crippen molar-refractivity contribution < 1.29 is 23.0 Å². The Balaban J connectivity index is 0.000000164. The number of benzene rings is 2. The first-order valence-electron chi connectivity index (χ1n) is 10.7. The number of nitrogens with two attached hydrogens (primary N) is 1. The number of hydrogen-bond acceptors (Lipinski definition) is 6. The summed E-state index contributed by atoms with van der Waals surface area (Å²) >= 11 is 0. The van der Waals surface area contributed by atoms with Gasteiger partial charge in [-0.15, -0.1) is 0 Å². The van der Waals surface area contributed by atoms with Gasteiger partial charge in [-0.2, -0.15) is 5.10 Å². The number of primary amides is 1. The van der Waals surface area contributed by atoms with Gasteiger partial charge in [0, 0.05) is 11.5 Å². The number of carbonyl (C=O) groups excluding carboxylic acids is 1. The van der Waals surface area contributed by atoms with Crippen LogP contribution in [0.2, 0.25) is 0 Å². The first-order valence-corrected chi connectivity index (χ1v) is 10.7. The number of ether oxygens (including phenoxy) is 2. The van der Waals surface area contributed by atoms with Crippen LogP contribution in [0.15, 0.2) is 67.4 Å². The maximum atomic E-state index is 13.3. The predicted octanol–water partition coefficient (Wildman–Crippen LogP) is 4.41. The molecule has 2 aliphatic rings. The van der Waals surface area contributed by atoms with Crippen molar-refractivity contribution in [2.45, 2.75) is 12.3 Å². The van der Waals surface area contributed by atoms with Crippen LogP contribution in [-0.4, -0.2) is 32.4 Å². The maximum Gasteiger partial charge on any atom is 0.317 e. The quantitative estimate of drug-likeness (QED) is 0.449. The first kappa shape index (κ1) is 22.3. The summed E-state index contributed by atoms with van der Waals surface area (Å²) in [5.41, 5.74) is 6.34. The van der Waals surface area contributed by atoms with Crippen LogP contribution in [0.25, 0.3) is 5.69 Å². The van der Waals surface area contributed by atoms with Crippen LogP contribution in [0.1, 0.15) is 17.9 Å². The van der Waals surface area contributed by atoms with Crippen molar-refractivity contribution in [3.63, 3.8) is 0 Å². The number of amides is 2. The van der Waals surface area contributed by atoms with E-state index in [-0.39, 0.29) is 17.5 Å². The molecule has 0 saturated heterocycles.